The molecule has 2 N–H and O–H groups in total. The molecule has 0 radical (unpaired) electrons. The fourth-order valence-corrected chi connectivity index (χ4v) is 2.86. The van der Waals surface area contributed by atoms with E-state index in [1.54, 1.807) is 26.0 Å². The second-order valence-corrected chi connectivity index (χ2v) is 7.18. The third-order valence-electron chi connectivity index (χ3n) is 4.82. The number of rotatable bonds is 9. The van der Waals surface area contributed by atoms with Gasteiger partial charge in [-0.3, -0.25) is 9.59 Å². The Kier molecular flexibility index (Phi) is 7.65. The van der Waals surface area contributed by atoms with Crippen LogP contribution in [0.15, 0.2) is 48.5 Å². The Labute approximate surface area is 173 Å². The van der Waals surface area contributed by atoms with Gasteiger partial charge in [0.05, 0.1) is 12.3 Å². The van der Waals surface area contributed by atoms with Crippen LogP contribution >= 0.6 is 0 Å². The first-order valence-corrected chi connectivity index (χ1v) is 10.0. The second-order valence-electron chi connectivity index (χ2n) is 7.18. The lowest BCUT2D eigenvalue weighted by Crippen LogP contribution is -2.41. The normalized spacial score (nSPS) is 10.9. The average molecular weight is 398 g/mol. The van der Waals surface area contributed by atoms with Crippen molar-refractivity contribution in [3.63, 3.8) is 0 Å². The number of amides is 2. The molecule has 2 amide bonds. The summed E-state index contributed by atoms with van der Waals surface area (Å²) in [6, 6.07) is 14.8. The predicted octanol–water partition coefficient (Wildman–Crippen LogP) is 4.53. The van der Waals surface area contributed by atoms with E-state index in [0.717, 1.165) is 18.8 Å². The highest BCUT2D eigenvalue weighted by Gasteiger charge is 2.36. The van der Waals surface area contributed by atoms with Crippen molar-refractivity contribution < 1.29 is 14.3 Å². The molecule has 0 atom stereocenters. The van der Waals surface area contributed by atoms with E-state index in [0.29, 0.717) is 23.7 Å². The van der Waals surface area contributed by atoms with Gasteiger partial charge in [-0.15, -0.1) is 0 Å². The van der Waals surface area contributed by atoms with Gasteiger partial charge in [-0.05, 0) is 71.0 Å². The minimum absolute atomic E-state index is 0.375. The molecule has 6 heteroatoms. The van der Waals surface area contributed by atoms with E-state index < -0.39 is 11.3 Å². The number of para-hydroxylation sites is 2. The van der Waals surface area contributed by atoms with Gasteiger partial charge in [-0.1, -0.05) is 12.1 Å². The number of hydrogen-bond acceptors (Lipinski definition) is 4. The maximum absolute atomic E-state index is 12.8. The molecule has 0 fully saturated rings. The van der Waals surface area contributed by atoms with Crippen molar-refractivity contribution >= 4 is 28.9 Å². The number of carbonyl (C=O) groups is 2. The first-order chi connectivity index (χ1) is 13.8. The van der Waals surface area contributed by atoms with Crippen molar-refractivity contribution in [2.24, 2.45) is 5.41 Å². The van der Waals surface area contributed by atoms with E-state index in [9.17, 15) is 9.59 Å². The minimum atomic E-state index is -1.27. The average Bonchev–Trinajstić information content (AvgIpc) is 2.71. The van der Waals surface area contributed by atoms with Crippen LogP contribution in [0.4, 0.5) is 17.1 Å². The Morgan fingerprint density at radius 1 is 0.897 bits per heavy atom. The van der Waals surface area contributed by atoms with Crippen molar-refractivity contribution in [3.05, 3.63) is 48.5 Å². The molecule has 0 saturated carbocycles. The van der Waals surface area contributed by atoms with Crippen LogP contribution in [0.1, 0.15) is 34.6 Å². The summed E-state index contributed by atoms with van der Waals surface area (Å²) < 4.78 is 5.54. The summed E-state index contributed by atoms with van der Waals surface area (Å²) in [4.78, 5) is 27.8. The van der Waals surface area contributed by atoms with Crippen LogP contribution in [0, 0.1) is 5.41 Å². The number of nitrogens with one attached hydrogen (secondary N) is 2. The largest absolute Gasteiger partial charge is 0.492 e. The van der Waals surface area contributed by atoms with Crippen LogP contribution in [-0.4, -0.2) is 31.5 Å². The molecule has 156 valence electrons. The molecule has 6 nitrogen and oxygen atoms in total. The molecule has 2 aromatic carbocycles. The molecule has 0 aliphatic carbocycles. The van der Waals surface area contributed by atoms with Crippen molar-refractivity contribution in [3.8, 4) is 5.75 Å². The predicted molar refractivity (Wildman–Crippen MR) is 119 cm³/mol. The number of hydrogen-bond donors (Lipinski definition) is 2. The lowest BCUT2D eigenvalue weighted by atomic mass is 9.90. The van der Waals surface area contributed by atoms with Crippen LogP contribution < -0.4 is 20.3 Å². The van der Waals surface area contributed by atoms with Gasteiger partial charge in [0.1, 0.15) is 11.2 Å². The SMILES string of the molecule is CCOc1ccccc1NC(=O)C(C)(C)C(=O)Nc1ccc(N(CC)CC)cc1. The standard InChI is InChI=1S/C23H31N3O3/c1-6-26(7-2)18-15-13-17(14-16-18)24-21(27)23(4,5)22(28)25-19-11-9-10-12-20(19)29-8-3/h9-16H,6-8H2,1-5H3,(H,24,27)(H,25,28). The molecule has 2 rings (SSSR count). The van der Waals surface area contributed by atoms with Crippen LogP contribution in [-0.2, 0) is 9.59 Å². The van der Waals surface area contributed by atoms with E-state index in [2.05, 4.69) is 29.4 Å². The van der Waals surface area contributed by atoms with Crippen molar-refractivity contribution in [2.75, 3.05) is 35.2 Å². The summed E-state index contributed by atoms with van der Waals surface area (Å²) in [5.41, 5.74) is 1.03. The molecule has 2 aromatic rings. The molecule has 0 spiro atoms. The maximum atomic E-state index is 12.8. The van der Waals surface area contributed by atoms with E-state index in [1.807, 2.05) is 43.3 Å². The zero-order chi connectivity index (χ0) is 21.4. The quantitative estimate of drug-likeness (QED) is 0.610. The summed E-state index contributed by atoms with van der Waals surface area (Å²) in [6.45, 7) is 11.6. The zero-order valence-electron chi connectivity index (χ0n) is 17.9. The monoisotopic (exact) mass is 397 g/mol. The Hall–Kier alpha value is -3.02. The van der Waals surface area contributed by atoms with E-state index in [1.165, 1.54) is 0 Å². The highest BCUT2D eigenvalue weighted by Crippen LogP contribution is 2.27. The zero-order valence-corrected chi connectivity index (χ0v) is 17.9. The summed E-state index contributed by atoms with van der Waals surface area (Å²) in [5, 5.41) is 5.65. The van der Waals surface area contributed by atoms with E-state index >= 15 is 0 Å². The Morgan fingerprint density at radius 2 is 1.48 bits per heavy atom. The van der Waals surface area contributed by atoms with Crippen LogP contribution in [0.3, 0.4) is 0 Å². The van der Waals surface area contributed by atoms with Gasteiger partial charge in [0.25, 0.3) is 0 Å². The van der Waals surface area contributed by atoms with Gasteiger partial charge in [-0.2, -0.15) is 0 Å². The minimum Gasteiger partial charge on any atom is -0.492 e. The Morgan fingerprint density at radius 3 is 2.07 bits per heavy atom. The topological polar surface area (TPSA) is 70.7 Å². The molecule has 0 aliphatic rings. The first kappa shape index (κ1) is 22.3. The molecular weight excluding hydrogens is 366 g/mol. The first-order valence-electron chi connectivity index (χ1n) is 10.0. The number of ether oxygens (including phenoxy) is 1. The second kappa shape index (κ2) is 9.96. The number of carbonyl (C=O) groups excluding carboxylic acids is 2. The third-order valence-corrected chi connectivity index (χ3v) is 4.82. The fraction of sp³-hybridized carbons (Fsp3) is 0.391. The van der Waals surface area contributed by atoms with Crippen LogP contribution in [0.25, 0.3) is 0 Å². The summed E-state index contributed by atoms with van der Waals surface area (Å²) in [5.74, 6) is -0.201. The van der Waals surface area contributed by atoms with Gasteiger partial charge >= 0.3 is 0 Å². The Bertz CT molecular complexity index is 828. The lowest BCUT2D eigenvalue weighted by Gasteiger charge is -2.24. The molecule has 0 bridgehead atoms. The van der Waals surface area contributed by atoms with Gasteiger partial charge < -0.3 is 20.3 Å². The summed E-state index contributed by atoms with van der Waals surface area (Å²) in [7, 11) is 0. The fourth-order valence-electron chi connectivity index (χ4n) is 2.86. The van der Waals surface area contributed by atoms with Crippen molar-refractivity contribution in [1.82, 2.24) is 0 Å². The van der Waals surface area contributed by atoms with Gasteiger partial charge in [0.15, 0.2) is 0 Å². The molecule has 0 aliphatic heterocycles. The highest BCUT2D eigenvalue weighted by atomic mass is 16.5. The van der Waals surface area contributed by atoms with Gasteiger partial charge in [0, 0.05) is 24.5 Å². The van der Waals surface area contributed by atoms with Crippen LogP contribution in [0.2, 0.25) is 0 Å². The Balaban J connectivity index is 2.08. The van der Waals surface area contributed by atoms with Crippen molar-refractivity contribution in [2.45, 2.75) is 34.6 Å². The molecule has 29 heavy (non-hydrogen) atoms. The number of nitrogens with zero attached hydrogens (tertiary/aromatic N) is 1. The maximum Gasteiger partial charge on any atom is 0.239 e. The van der Waals surface area contributed by atoms with E-state index in [-0.39, 0.29) is 5.91 Å². The summed E-state index contributed by atoms with van der Waals surface area (Å²) in [6.07, 6.45) is 0. The smallest absolute Gasteiger partial charge is 0.239 e. The molecular formula is C23H31N3O3. The lowest BCUT2D eigenvalue weighted by molar-refractivity contribution is -0.135. The molecule has 0 saturated heterocycles. The number of benzene rings is 2. The third kappa shape index (κ3) is 5.50. The molecule has 0 aromatic heterocycles. The molecule has 0 unspecified atom stereocenters. The van der Waals surface area contributed by atoms with Gasteiger partial charge in [0.2, 0.25) is 11.8 Å². The van der Waals surface area contributed by atoms with Crippen molar-refractivity contribution in [1.29, 1.82) is 0 Å². The molecule has 0 heterocycles. The summed E-state index contributed by atoms with van der Waals surface area (Å²) >= 11 is 0. The number of anilines is 3. The van der Waals surface area contributed by atoms with Crippen LogP contribution in [0.5, 0.6) is 5.75 Å². The highest BCUT2D eigenvalue weighted by molar-refractivity contribution is 6.14. The van der Waals surface area contributed by atoms with E-state index in [4.69, 9.17) is 4.74 Å². The van der Waals surface area contributed by atoms with Gasteiger partial charge in [-0.25, -0.2) is 0 Å².